The van der Waals surface area contributed by atoms with E-state index in [9.17, 15) is 14.7 Å². The summed E-state index contributed by atoms with van der Waals surface area (Å²) in [7, 11) is 0. The summed E-state index contributed by atoms with van der Waals surface area (Å²) in [5.41, 5.74) is -0.836. The first-order chi connectivity index (χ1) is 9.06. The highest BCUT2D eigenvalue weighted by molar-refractivity contribution is 8.00. The Morgan fingerprint density at radius 2 is 2.32 bits per heavy atom. The third-order valence-electron chi connectivity index (χ3n) is 2.92. The van der Waals surface area contributed by atoms with Crippen molar-refractivity contribution in [2.45, 2.75) is 30.1 Å². The highest BCUT2D eigenvalue weighted by Gasteiger charge is 2.34. The van der Waals surface area contributed by atoms with Gasteiger partial charge < -0.3 is 10.2 Å². The fraction of sp³-hybridized carbons (Fsp3) is 0.500. The van der Waals surface area contributed by atoms with E-state index in [-0.39, 0.29) is 22.8 Å². The van der Waals surface area contributed by atoms with Gasteiger partial charge in [-0.05, 0) is 6.92 Å². The van der Waals surface area contributed by atoms with E-state index >= 15 is 0 Å². The van der Waals surface area contributed by atoms with Gasteiger partial charge in [0.15, 0.2) is 0 Å². The molecule has 0 aliphatic carbocycles. The molecule has 0 amide bonds. The number of hydrogen-bond acceptors (Lipinski definition) is 5. The van der Waals surface area contributed by atoms with Crippen LogP contribution in [0.3, 0.4) is 0 Å². The van der Waals surface area contributed by atoms with E-state index in [0.717, 1.165) is 0 Å². The van der Waals surface area contributed by atoms with Crippen LogP contribution in [0.15, 0.2) is 15.8 Å². The zero-order valence-electron chi connectivity index (χ0n) is 10.3. The van der Waals surface area contributed by atoms with Crippen LogP contribution in [0.4, 0.5) is 0 Å². The minimum atomic E-state index is -0.667. The van der Waals surface area contributed by atoms with Gasteiger partial charge in [0.05, 0.1) is 23.3 Å². The summed E-state index contributed by atoms with van der Waals surface area (Å²) in [6.07, 6.45) is 1.09. The molecule has 2 rings (SSSR count). The second-order valence-corrected chi connectivity index (χ2v) is 5.62. The number of aliphatic hydroxyl groups excluding tert-OH is 2. The van der Waals surface area contributed by atoms with Crippen molar-refractivity contribution < 1.29 is 10.2 Å². The van der Waals surface area contributed by atoms with E-state index in [1.807, 2.05) is 0 Å². The number of rotatable bonds is 2. The van der Waals surface area contributed by atoms with Gasteiger partial charge in [-0.2, -0.15) is 0 Å². The molecule has 102 valence electrons. The molecule has 1 aromatic heterocycles. The molecule has 0 spiro atoms. The molecule has 1 fully saturated rings. The quantitative estimate of drug-likeness (QED) is 0.621. The molecule has 0 saturated carbocycles. The number of H-pyrrole nitrogens is 1. The Morgan fingerprint density at radius 3 is 2.89 bits per heavy atom. The van der Waals surface area contributed by atoms with Crippen LogP contribution in [0.25, 0.3) is 0 Å². The Morgan fingerprint density at radius 1 is 1.58 bits per heavy atom. The lowest BCUT2D eigenvalue weighted by Crippen LogP contribution is -2.32. The molecule has 0 bridgehead atoms. The van der Waals surface area contributed by atoms with E-state index in [0.29, 0.717) is 6.42 Å². The minimum absolute atomic E-state index is 0.151. The number of hydrogen-bond donors (Lipinski definition) is 3. The van der Waals surface area contributed by atoms with Gasteiger partial charge in [0, 0.05) is 12.6 Å². The van der Waals surface area contributed by atoms with Gasteiger partial charge in [-0.1, -0.05) is 5.92 Å². The molecule has 0 unspecified atom stereocenters. The highest BCUT2D eigenvalue weighted by atomic mass is 32.2. The summed E-state index contributed by atoms with van der Waals surface area (Å²) in [5.74, 6) is 5.24. The lowest BCUT2D eigenvalue weighted by molar-refractivity contribution is 0.137. The van der Waals surface area contributed by atoms with Crippen LogP contribution < -0.4 is 11.2 Å². The smallest absolute Gasteiger partial charge is 0.329 e. The molecule has 1 aliphatic rings. The third-order valence-corrected chi connectivity index (χ3v) is 4.47. The zero-order valence-corrected chi connectivity index (χ0v) is 11.1. The monoisotopic (exact) mass is 282 g/mol. The van der Waals surface area contributed by atoms with Gasteiger partial charge in [-0.3, -0.25) is 14.3 Å². The van der Waals surface area contributed by atoms with Crippen LogP contribution in [-0.4, -0.2) is 37.7 Å². The molecule has 1 saturated heterocycles. The van der Waals surface area contributed by atoms with Crippen LogP contribution >= 0.6 is 11.8 Å². The average Bonchev–Trinajstić information content (AvgIpc) is 2.74. The second-order valence-electron chi connectivity index (χ2n) is 4.20. The average molecular weight is 282 g/mol. The van der Waals surface area contributed by atoms with Gasteiger partial charge >= 0.3 is 5.69 Å². The van der Waals surface area contributed by atoms with Crippen LogP contribution in [0.1, 0.15) is 24.3 Å². The normalized spacial score (nSPS) is 25.9. The van der Waals surface area contributed by atoms with Crippen molar-refractivity contribution in [1.82, 2.24) is 9.55 Å². The van der Waals surface area contributed by atoms with Gasteiger partial charge in [0.1, 0.15) is 5.56 Å². The fourth-order valence-corrected chi connectivity index (χ4v) is 3.35. The predicted molar refractivity (Wildman–Crippen MR) is 72.0 cm³/mol. The molecule has 3 N–H and O–H groups in total. The molecular weight excluding hydrogens is 268 g/mol. The van der Waals surface area contributed by atoms with Crippen molar-refractivity contribution in [3.05, 3.63) is 32.6 Å². The Bertz CT molecular complexity index is 640. The zero-order chi connectivity index (χ0) is 14.0. The number of nitrogens with one attached hydrogen (secondary N) is 1. The largest absolute Gasteiger partial charge is 0.395 e. The standard InChI is InChI=1S/C12H14N2O4S/c1-2-3-7-5-14(12(18)13-11(7)17)10-4-8(16)9(6-15)19-10/h5,8-10,15-16H,4,6H2,1H3,(H,13,17,18)/t8-,9+,10+/m0/s1. The van der Waals surface area contributed by atoms with Gasteiger partial charge in [-0.25, -0.2) is 4.79 Å². The summed E-state index contributed by atoms with van der Waals surface area (Å²) in [6.45, 7) is 1.45. The molecule has 1 aromatic rings. The first kappa shape index (κ1) is 13.9. The topological polar surface area (TPSA) is 95.3 Å². The van der Waals surface area contributed by atoms with Crippen molar-refractivity contribution in [2.75, 3.05) is 6.61 Å². The maximum absolute atomic E-state index is 11.8. The summed E-state index contributed by atoms with van der Waals surface area (Å²) in [4.78, 5) is 25.5. The van der Waals surface area contributed by atoms with E-state index in [2.05, 4.69) is 16.8 Å². The molecule has 7 heteroatoms. The number of aromatic nitrogens is 2. The number of aromatic amines is 1. The molecule has 0 aromatic carbocycles. The lowest BCUT2D eigenvalue weighted by atomic mass is 10.2. The van der Waals surface area contributed by atoms with Gasteiger partial charge in [0.25, 0.3) is 5.56 Å². The van der Waals surface area contributed by atoms with Crippen molar-refractivity contribution in [1.29, 1.82) is 0 Å². The Hall–Kier alpha value is -1.49. The first-order valence-electron chi connectivity index (χ1n) is 5.79. The Balaban J connectivity index is 2.40. The summed E-state index contributed by atoms with van der Waals surface area (Å²) in [6, 6.07) is 0. The molecule has 0 radical (unpaired) electrons. The Kier molecular flexibility index (Phi) is 4.14. The fourth-order valence-electron chi connectivity index (χ4n) is 1.97. The number of aliphatic hydroxyl groups is 2. The van der Waals surface area contributed by atoms with Crippen LogP contribution in [0, 0.1) is 11.8 Å². The Labute approximate surface area is 113 Å². The highest BCUT2D eigenvalue weighted by Crippen LogP contribution is 2.40. The molecule has 3 atom stereocenters. The summed E-state index contributed by atoms with van der Waals surface area (Å²) in [5, 5.41) is 18.2. The lowest BCUT2D eigenvalue weighted by Gasteiger charge is -2.12. The van der Waals surface area contributed by atoms with E-state index in [1.165, 1.54) is 22.5 Å². The van der Waals surface area contributed by atoms with Crippen LogP contribution in [-0.2, 0) is 0 Å². The minimum Gasteiger partial charge on any atom is -0.395 e. The SMILES string of the molecule is CC#Cc1cn([C@H]2C[C@H](O)[C@@H](CO)S2)c(=O)[nH]c1=O. The number of thioether (sulfide) groups is 1. The molecule has 1 aliphatic heterocycles. The van der Waals surface area contributed by atoms with Crippen LogP contribution in [0.2, 0.25) is 0 Å². The second kappa shape index (κ2) is 5.65. The van der Waals surface area contributed by atoms with Crippen molar-refractivity contribution in [3.63, 3.8) is 0 Å². The predicted octanol–water partition coefficient (Wildman–Crippen LogP) is -0.735. The molecule has 6 nitrogen and oxygen atoms in total. The molecular formula is C12H14N2O4S. The van der Waals surface area contributed by atoms with E-state index in [4.69, 9.17) is 5.11 Å². The van der Waals surface area contributed by atoms with E-state index < -0.39 is 17.4 Å². The van der Waals surface area contributed by atoms with Crippen molar-refractivity contribution >= 4 is 11.8 Å². The maximum atomic E-state index is 11.8. The van der Waals surface area contributed by atoms with Crippen molar-refractivity contribution in [2.24, 2.45) is 0 Å². The maximum Gasteiger partial charge on any atom is 0.329 e. The van der Waals surface area contributed by atoms with Gasteiger partial charge in [-0.15, -0.1) is 17.7 Å². The summed E-state index contributed by atoms with van der Waals surface area (Å²) >= 11 is 1.31. The van der Waals surface area contributed by atoms with Gasteiger partial charge in [0.2, 0.25) is 0 Å². The molecule has 19 heavy (non-hydrogen) atoms. The van der Waals surface area contributed by atoms with E-state index in [1.54, 1.807) is 6.92 Å². The van der Waals surface area contributed by atoms with Crippen LogP contribution in [0.5, 0.6) is 0 Å². The first-order valence-corrected chi connectivity index (χ1v) is 6.73. The molecule has 2 heterocycles. The summed E-state index contributed by atoms with van der Waals surface area (Å²) < 4.78 is 1.35. The number of nitrogens with zero attached hydrogens (tertiary/aromatic N) is 1. The third kappa shape index (κ3) is 2.76. The van der Waals surface area contributed by atoms with Crippen molar-refractivity contribution in [3.8, 4) is 11.8 Å².